The Bertz CT molecular complexity index is 3570. The highest BCUT2D eigenvalue weighted by atomic mass is 19.4. The summed E-state index contributed by atoms with van der Waals surface area (Å²) in [5.41, 5.74) is 3.46. The summed E-state index contributed by atoms with van der Waals surface area (Å²) in [5.74, 6) is 3.07. The van der Waals surface area contributed by atoms with E-state index < -0.39 is 11.7 Å². The van der Waals surface area contributed by atoms with Gasteiger partial charge in [-0.1, -0.05) is 78.9 Å². The van der Waals surface area contributed by atoms with E-state index in [1.165, 1.54) is 12.1 Å². The predicted octanol–water partition coefficient (Wildman–Crippen LogP) is 11.9. The minimum atomic E-state index is -4.84. The SMILES string of the molecule is [C-]#[N+]c1cccc(C(F)(F)F)c1-c1cc(-n2c3ccccc3c3ccc(-c4nc(C)nc(C)n4)cc32)c(C#N)cc1-n1c2ccccc2c2ccc(-c3nc(C)nc(C)n3)cc21. The Morgan fingerprint density at radius 1 is 0.548 bits per heavy atom. The van der Waals surface area contributed by atoms with E-state index in [1.807, 2.05) is 94.1 Å². The van der Waals surface area contributed by atoms with Crippen LogP contribution < -0.4 is 0 Å². The van der Waals surface area contributed by atoms with Gasteiger partial charge in [0, 0.05) is 38.2 Å². The van der Waals surface area contributed by atoms with Crippen LogP contribution in [-0.2, 0) is 6.18 Å². The van der Waals surface area contributed by atoms with Crippen molar-refractivity contribution in [1.29, 1.82) is 5.26 Å². The molecule has 0 atom stereocenters. The predicted molar refractivity (Wildman–Crippen MR) is 233 cm³/mol. The molecule has 6 aromatic carbocycles. The molecule has 10 rings (SSSR count). The molecular formula is C49H31F3N10. The van der Waals surface area contributed by atoms with Crippen LogP contribution in [0.15, 0.2) is 115 Å². The molecule has 0 spiro atoms. The van der Waals surface area contributed by atoms with Crippen LogP contribution in [-0.4, -0.2) is 39.0 Å². The molecule has 4 heterocycles. The summed E-state index contributed by atoms with van der Waals surface area (Å²) in [6, 6.07) is 36.1. The minimum absolute atomic E-state index is 0.101. The quantitative estimate of drug-likeness (QED) is 0.159. The number of nitriles is 1. The molecule has 0 bridgehead atoms. The van der Waals surface area contributed by atoms with Gasteiger partial charge >= 0.3 is 6.18 Å². The highest BCUT2D eigenvalue weighted by molar-refractivity contribution is 6.12. The van der Waals surface area contributed by atoms with Crippen LogP contribution in [0.1, 0.15) is 34.4 Å². The van der Waals surface area contributed by atoms with E-state index in [1.54, 1.807) is 39.8 Å². The van der Waals surface area contributed by atoms with E-state index in [9.17, 15) is 5.26 Å². The summed E-state index contributed by atoms with van der Waals surface area (Å²) >= 11 is 0. The van der Waals surface area contributed by atoms with Crippen molar-refractivity contribution < 1.29 is 13.2 Å². The van der Waals surface area contributed by atoms with Crippen molar-refractivity contribution in [2.75, 3.05) is 0 Å². The first kappa shape index (κ1) is 37.9. The smallest absolute Gasteiger partial charge is 0.309 e. The Kier molecular flexibility index (Phi) is 8.68. The van der Waals surface area contributed by atoms with Gasteiger partial charge in [0.1, 0.15) is 29.4 Å². The molecule has 0 aliphatic carbocycles. The highest BCUT2D eigenvalue weighted by Crippen LogP contribution is 2.48. The van der Waals surface area contributed by atoms with Gasteiger partial charge in [0.15, 0.2) is 17.3 Å². The fraction of sp³-hybridized carbons (Fsp3) is 0.102. The van der Waals surface area contributed by atoms with Crippen LogP contribution in [0.5, 0.6) is 0 Å². The number of fused-ring (bicyclic) bond motifs is 6. The van der Waals surface area contributed by atoms with Crippen LogP contribution in [0.3, 0.4) is 0 Å². The van der Waals surface area contributed by atoms with Gasteiger partial charge in [-0.2, -0.15) is 18.4 Å². The molecule has 10 nitrogen and oxygen atoms in total. The topological polar surface area (TPSA) is 115 Å². The van der Waals surface area contributed by atoms with E-state index in [-0.39, 0.29) is 28.1 Å². The Morgan fingerprint density at radius 3 is 1.52 bits per heavy atom. The lowest BCUT2D eigenvalue weighted by molar-refractivity contribution is -0.137. The minimum Gasteiger partial charge on any atom is -0.309 e. The van der Waals surface area contributed by atoms with Gasteiger partial charge < -0.3 is 9.13 Å². The van der Waals surface area contributed by atoms with Gasteiger partial charge in [0.25, 0.3) is 0 Å². The van der Waals surface area contributed by atoms with E-state index in [0.717, 1.165) is 33.1 Å². The second-order valence-corrected chi connectivity index (χ2v) is 15.0. The van der Waals surface area contributed by atoms with Crippen LogP contribution in [0.4, 0.5) is 18.9 Å². The number of alkyl halides is 3. The van der Waals surface area contributed by atoms with Gasteiger partial charge in [0.05, 0.1) is 51.1 Å². The van der Waals surface area contributed by atoms with Crippen LogP contribution in [0.2, 0.25) is 0 Å². The van der Waals surface area contributed by atoms with Crippen molar-refractivity contribution in [1.82, 2.24) is 39.0 Å². The summed E-state index contributed by atoms with van der Waals surface area (Å²) in [4.78, 5) is 30.7. The van der Waals surface area contributed by atoms with Crippen LogP contribution >= 0.6 is 0 Å². The Labute approximate surface area is 352 Å². The third-order valence-electron chi connectivity index (χ3n) is 11.0. The fourth-order valence-electron chi connectivity index (χ4n) is 8.62. The van der Waals surface area contributed by atoms with E-state index in [0.29, 0.717) is 68.3 Å². The zero-order valence-electron chi connectivity index (χ0n) is 33.6. The average Bonchev–Trinajstić information content (AvgIpc) is 3.76. The number of benzene rings is 6. The van der Waals surface area contributed by atoms with Gasteiger partial charge in [-0.25, -0.2) is 34.7 Å². The van der Waals surface area contributed by atoms with E-state index >= 15 is 13.2 Å². The van der Waals surface area contributed by atoms with Gasteiger partial charge in [0.2, 0.25) is 0 Å². The molecule has 0 amide bonds. The van der Waals surface area contributed by atoms with Crippen LogP contribution in [0.25, 0.3) is 93.7 Å². The first-order valence-electron chi connectivity index (χ1n) is 19.5. The number of hydrogen-bond acceptors (Lipinski definition) is 7. The summed E-state index contributed by atoms with van der Waals surface area (Å²) in [6.45, 7) is 15.3. The second-order valence-electron chi connectivity index (χ2n) is 15.0. The maximum atomic E-state index is 15.3. The maximum absolute atomic E-state index is 15.3. The molecular weight excluding hydrogens is 786 g/mol. The second kappa shape index (κ2) is 14.2. The first-order chi connectivity index (χ1) is 29.9. The standard InChI is InChI=1S/C49H31F3N10/c1-26-55-27(2)58-47(57-26)30-17-19-35-33-11-6-8-15-40(33)61(43(35)21-30)42-24-37(46-38(49(50,51)52)13-10-14-39(46)54-5)45(23-32(42)25-53)62-41-16-9-7-12-34(41)36-20-18-31(22-44(36)62)48-59-28(3)56-29(4)60-48/h6-24H,1-4H3. The monoisotopic (exact) mass is 816 g/mol. The number of aromatic nitrogens is 8. The molecule has 0 radical (unpaired) electrons. The zero-order chi connectivity index (χ0) is 43.0. The van der Waals surface area contributed by atoms with E-state index in [2.05, 4.69) is 40.8 Å². The molecule has 10 aromatic rings. The van der Waals surface area contributed by atoms with Crippen molar-refractivity contribution in [2.24, 2.45) is 0 Å². The number of aryl methyl sites for hydroxylation is 4. The summed E-state index contributed by atoms with van der Waals surface area (Å²) in [5, 5.41) is 14.5. The Morgan fingerprint density at radius 2 is 1.03 bits per heavy atom. The third-order valence-corrected chi connectivity index (χ3v) is 11.0. The van der Waals surface area contributed by atoms with Gasteiger partial charge in [-0.15, -0.1) is 0 Å². The third kappa shape index (κ3) is 6.09. The van der Waals surface area contributed by atoms with Crippen molar-refractivity contribution in [3.63, 3.8) is 0 Å². The van der Waals surface area contributed by atoms with Gasteiger partial charge in [-0.3, -0.25) is 0 Å². The maximum Gasteiger partial charge on any atom is 0.415 e. The molecule has 0 saturated carbocycles. The van der Waals surface area contributed by atoms with Crippen molar-refractivity contribution in [3.05, 3.63) is 161 Å². The normalized spacial score (nSPS) is 11.8. The van der Waals surface area contributed by atoms with Crippen molar-refractivity contribution >= 4 is 49.3 Å². The molecule has 13 heteroatoms. The summed E-state index contributed by atoms with van der Waals surface area (Å²) in [7, 11) is 0. The molecule has 0 aliphatic rings. The molecule has 0 fully saturated rings. The van der Waals surface area contributed by atoms with Gasteiger partial charge in [-0.05, 0) is 69.7 Å². The summed E-state index contributed by atoms with van der Waals surface area (Å²) in [6.07, 6.45) is -4.84. The fourth-order valence-corrected chi connectivity index (χ4v) is 8.62. The Balaban J connectivity index is 1.36. The van der Waals surface area contributed by atoms with Crippen LogP contribution in [0, 0.1) is 45.6 Å². The number of halogens is 3. The lowest BCUT2D eigenvalue weighted by Crippen LogP contribution is -2.10. The molecule has 0 unspecified atom stereocenters. The van der Waals surface area contributed by atoms with Crippen molar-refractivity contribution in [2.45, 2.75) is 33.9 Å². The molecule has 0 saturated heterocycles. The molecule has 0 aliphatic heterocycles. The molecule has 4 aromatic heterocycles. The average molecular weight is 817 g/mol. The molecule has 0 N–H and O–H groups in total. The number of hydrogen-bond donors (Lipinski definition) is 0. The Hall–Kier alpha value is -8.29. The van der Waals surface area contributed by atoms with Crippen molar-refractivity contribution in [3.8, 4) is 51.3 Å². The molecule has 298 valence electrons. The summed E-state index contributed by atoms with van der Waals surface area (Å²) < 4.78 is 49.8. The van der Waals surface area contributed by atoms with E-state index in [4.69, 9.17) is 6.57 Å². The first-order valence-corrected chi connectivity index (χ1v) is 19.5. The lowest BCUT2D eigenvalue weighted by atomic mass is 9.93. The number of nitrogens with zero attached hydrogens (tertiary/aromatic N) is 10. The molecule has 62 heavy (non-hydrogen) atoms. The largest absolute Gasteiger partial charge is 0.415 e. The highest BCUT2D eigenvalue weighted by Gasteiger charge is 2.36. The lowest BCUT2D eigenvalue weighted by Gasteiger charge is -2.22. The number of para-hydroxylation sites is 2. The number of rotatable bonds is 5. The zero-order valence-corrected chi connectivity index (χ0v) is 33.6.